The average Bonchev–Trinajstić information content (AvgIpc) is 2.51. The molecule has 0 fully saturated rings. The van der Waals surface area contributed by atoms with Crippen LogP contribution in [0, 0.1) is 0 Å². The molecule has 0 saturated heterocycles. The lowest BCUT2D eigenvalue weighted by Crippen LogP contribution is -2.26. The Kier molecular flexibility index (Phi) is 2.43. The highest BCUT2D eigenvalue weighted by Crippen LogP contribution is 2.17. The summed E-state index contributed by atoms with van der Waals surface area (Å²) >= 11 is 0. The van der Waals surface area contributed by atoms with Gasteiger partial charge in [0.1, 0.15) is 6.29 Å². The van der Waals surface area contributed by atoms with Crippen molar-refractivity contribution < 1.29 is 4.79 Å². The van der Waals surface area contributed by atoms with Gasteiger partial charge in [0, 0.05) is 0 Å². The van der Waals surface area contributed by atoms with Gasteiger partial charge in [-0.3, -0.25) is 0 Å². The minimum Gasteiger partial charge on any atom is -0.302 e. The molecule has 1 aromatic heterocycles. The minimum absolute atomic E-state index is 0.204. The van der Waals surface area contributed by atoms with E-state index in [1.807, 2.05) is 20.8 Å². The average molecular weight is 196 g/mol. The summed E-state index contributed by atoms with van der Waals surface area (Å²) in [6.45, 7) is 9.47. The number of carbonyl (C=O) groups is 1. The molecule has 1 heterocycles. The van der Waals surface area contributed by atoms with E-state index in [4.69, 9.17) is 0 Å². The van der Waals surface area contributed by atoms with Crippen molar-refractivity contribution in [3.05, 3.63) is 5.82 Å². The highest BCUT2D eigenvalue weighted by molar-refractivity contribution is 5.64. The van der Waals surface area contributed by atoms with Crippen LogP contribution < -0.4 is 0 Å². The number of hydrogen-bond donors (Lipinski definition) is 0. The number of rotatable bonds is 2. The van der Waals surface area contributed by atoms with Gasteiger partial charge in [0.25, 0.3) is 0 Å². The van der Waals surface area contributed by atoms with Crippen LogP contribution >= 0.6 is 0 Å². The van der Waals surface area contributed by atoms with Crippen molar-refractivity contribution >= 4 is 6.29 Å². The molecule has 0 atom stereocenters. The molecule has 0 spiro atoms. The maximum absolute atomic E-state index is 10.8. The quantitative estimate of drug-likeness (QED) is 0.659. The first-order valence-electron chi connectivity index (χ1n) is 4.55. The summed E-state index contributed by atoms with van der Waals surface area (Å²) in [7, 11) is 0. The number of nitrogens with zero attached hydrogens (tertiary/aromatic N) is 4. The topological polar surface area (TPSA) is 60.7 Å². The fourth-order valence-electron chi connectivity index (χ4n) is 0.809. The van der Waals surface area contributed by atoms with Crippen molar-refractivity contribution in [1.29, 1.82) is 0 Å². The van der Waals surface area contributed by atoms with Gasteiger partial charge in [-0.05, 0) is 39.8 Å². The Balaban J connectivity index is 3.06. The molecule has 0 aliphatic carbocycles. The highest BCUT2D eigenvalue weighted by atomic mass is 16.1. The van der Waals surface area contributed by atoms with Gasteiger partial charge in [0.05, 0.1) is 11.0 Å². The van der Waals surface area contributed by atoms with E-state index in [9.17, 15) is 4.79 Å². The molecule has 0 amide bonds. The van der Waals surface area contributed by atoms with Gasteiger partial charge in [-0.15, -0.1) is 10.2 Å². The molecule has 78 valence electrons. The Morgan fingerprint density at radius 3 is 2.14 bits per heavy atom. The summed E-state index contributed by atoms with van der Waals surface area (Å²) in [5.41, 5.74) is -0.867. The van der Waals surface area contributed by atoms with Crippen LogP contribution in [0.15, 0.2) is 0 Å². The Bertz CT molecular complexity index is 335. The first-order chi connectivity index (χ1) is 6.27. The number of aromatic nitrogens is 4. The third kappa shape index (κ3) is 1.97. The normalized spacial score (nSPS) is 12.9. The monoisotopic (exact) mass is 196 g/mol. The van der Waals surface area contributed by atoms with Crippen molar-refractivity contribution in [3.63, 3.8) is 0 Å². The van der Waals surface area contributed by atoms with Crippen LogP contribution in [0.1, 0.15) is 40.4 Å². The Hall–Kier alpha value is -1.26. The Morgan fingerprint density at radius 2 is 1.79 bits per heavy atom. The first kappa shape index (κ1) is 10.8. The van der Waals surface area contributed by atoms with Crippen LogP contribution in [0.5, 0.6) is 0 Å². The lowest BCUT2D eigenvalue weighted by atomic mass is 9.95. The number of carbonyl (C=O) groups excluding carboxylic acids is 1. The van der Waals surface area contributed by atoms with E-state index >= 15 is 0 Å². The number of hydrogen-bond acceptors (Lipinski definition) is 4. The van der Waals surface area contributed by atoms with Crippen molar-refractivity contribution in [2.75, 3.05) is 0 Å². The molecule has 0 radical (unpaired) electrons. The molecule has 0 saturated carbocycles. The standard InChI is InChI=1S/C9H16N4O/c1-8(2,3)13-11-7(10-12-13)9(4,5)6-14/h6H,1-5H3. The van der Waals surface area contributed by atoms with E-state index in [0.29, 0.717) is 5.82 Å². The first-order valence-corrected chi connectivity index (χ1v) is 4.55. The van der Waals surface area contributed by atoms with Crippen molar-refractivity contribution in [1.82, 2.24) is 20.2 Å². The van der Waals surface area contributed by atoms with Crippen LogP contribution in [-0.2, 0) is 15.7 Å². The summed E-state index contributed by atoms with van der Waals surface area (Å²) in [4.78, 5) is 12.3. The molecule has 0 N–H and O–H groups in total. The zero-order valence-electron chi connectivity index (χ0n) is 9.27. The summed E-state index contributed by atoms with van der Waals surface area (Å²) in [6.07, 6.45) is 0.830. The second-order valence-corrected chi connectivity index (χ2v) is 4.91. The van der Waals surface area contributed by atoms with E-state index in [2.05, 4.69) is 15.4 Å². The maximum atomic E-state index is 10.8. The smallest absolute Gasteiger partial charge is 0.187 e. The minimum atomic E-state index is -0.663. The predicted molar refractivity (Wildman–Crippen MR) is 51.9 cm³/mol. The fourth-order valence-corrected chi connectivity index (χ4v) is 0.809. The third-order valence-corrected chi connectivity index (χ3v) is 1.88. The van der Waals surface area contributed by atoms with Crippen LogP contribution in [0.3, 0.4) is 0 Å². The van der Waals surface area contributed by atoms with Crippen LogP contribution in [0.25, 0.3) is 0 Å². The SMILES string of the molecule is CC(C)(C=O)c1nnn(C(C)(C)C)n1. The van der Waals surface area contributed by atoms with Gasteiger partial charge in [-0.2, -0.15) is 4.80 Å². The van der Waals surface area contributed by atoms with E-state index in [1.165, 1.54) is 4.80 Å². The molecule has 0 bridgehead atoms. The highest BCUT2D eigenvalue weighted by Gasteiger charge is 2.27. The van der Waals surface area contributed by atoms with Gasteiger partial charge in [-0.1, -0.05) is 0 Å². The fraction of sp³-hybridized carbons (Fsp3) is 0.778. The van der Waals surface area contributed by atoms with Crippen LogP contribution in [0.2, 0.25) is 0 Å². The largest absolute Gasteiger partial charge is 0.302 e. The molecular weight excluding hydrogens is 180 g/mol. The molecule has 5 heteroatoms. The number of aldehydes is 1. The maximum Gasteiger partial charge on any atom is 0.187 e. The van der Waals surface area contributed by atoms with Crippen molar-refractivity contribution in [2.45, 2.75) is 45.6 Å². The van der Waals surface area contributed by atoms with Gasteiger partial charge in [0.2, 0.25) is 0 Å². The summed E-state index contributed by atoms with van der Waals surface area (Å²) in [6, 6.07) is 0. The van der Waals surface area contributed by atoms with Crippen LogP contribution in [-0.4, -0.2) is 26.5 Å². The molecule has 5 nitrogen and oxygen atoms in total. The molecule has 0 aliphatic heterocycles. The van der Waals surface area contributed by atoms with Gasteiger partial charge < -0.3 is 4.79 Å². The summed E-state index contributed by atoms with van der Waals surface area (Å²) in [5.74, 6) is 0.461. The number of tetrazole rings is 1. The van der Waals surface area contributed by atoms with Crippen molar-refractivity contribution in [2.24, 2.45) is 0 Å². The Labute approximate surface area is 83.5 Å². The lowest BCUT2D eigenvalue weighted by molar-refractivity contribution is -0.111. The van der Waals surface area contributed by atoms with Crippen molar-refractivity contribution in [3.8, 4) is 0 Å². The lowest BCUT2D eigenvalue weighted by Gasteiger charge is -2.16. The van der Waals surface area contributed by atoms with E-state index in [1.54, 1.807) is 13.8 Å². The zero-order chi connectivity index (χ0) is 11.0. The molecule has 0 aliphatic rings. The van der Waals surface area contributed by atoms with Gasteiger partial charge >= 0.3 is 0 Å². The van der Waals surface area contributed by atoms with E-state index in [-0.39, 0.29) is 5.54 Å². The van der Waals surface area contributed by atoms with E-state index < -0.39 is 5.41 Å². The molecular formula is C9H16N4O. The zero-order valence-corrected chi connectivity index (χ0v) is 9.27. The molecule has 14 heavy (non-hydrogen) atoms. The van der Waals surface area contributed by atoms with E-state index in [0.717, 1.165) is 6.29 Å². The molecule has 0 aromatic carbocycles. The van der Waals surface area contributed by atoms with Gasteiger partial charge in [-0.25, -0.2) is 0 Å². The van der Waals surface area contributed by atoms with Crippen LogP contribution in [0.4, 0.5) is 0 Å². The Morgan fingerprint density at radius 1 is 1.21 bits per heavy atom. The summed E-state index contributed by atoms with van der Waals surface area (Å²) < 4.78 is 0. The third-order valence-electron chi connectivity index (χ3n) is 1.88. The second kappa shape index (κ2) is 3.15. The molecule has 1 rings (SSSR count). The molecule has 0 unspecified atom stereocenters. The van der Waals surface area contributed by atoms with Gasteiger partial charge in [0.15, 0.2) is 5.82 Å². The summed E-state index contributed by atoms with van der Waals surface area (Å²) in [5, 5.41) is 12.0. The predicted octanol–water partition coefficient (Wildman–Crippen LogP) is 0.905. The second-order valence-electron chi connectivity index (χ2n) is 4.91. The molecule has 1 aromatic rings.